The summed E-state index contributed by atoms with van der Waals surface area (Å²) in [5.41, 5.74) is 2.74. The van der Waals surface area contributed by atoms with Crippen LogP contribution in [0.2, 0.25) is 5.02 Å². The van der Waals surface area contributed by atoms with Gasteiger partial charge < -0.3 is 10.1 Å². The van der Waals surface area contributed by atoms with Crippen LogP contribution in [0.4, 0.5) is 10.1 Å². The van der Waals surface area contributed by atoms with E-state index >= 15 is 0 Å². The van der Waals surface area contributed by atoms with E-state index < -0.39 is 24.3 Å². The summed E-state index contributed by atoms with van der Waals surface area (Å²) in [6.45, 7) is 3.44. The highest BCUT2D eigenvalue weighted by Gasteiger charge is 2.10. The van der Waals surface area contributed by atoms with Gasteiger partial charge in [0.15, 0.2) is 6.61 Å². The van der Waals surface area contributed by atoms with Crippen molar-refractivity contribution in [3.05, 3.63) is 70.0 Å². The zero-order chi connectivity index (χ0) is 19.1. The first-order valence-electron chi connectivity index (χ1n) is 8.09. The van der Waals surface area contributed by atoms with Gasteiger partial charge >= 0.3 is 5.97 Å². The molecule has 6 heteroatoms. The van der Waals surface area contributed by atoms with E-state index in [4.69, 9.17) is 16.3 Å². The van der Waals surface area contributed by atoms with Crippen LogP contribution in [0, 0.1) is 12.7 Å². The van der Waals surface area contributed by atoms with Crippen molar-refractivity contribution in [3.63, 3.8) is 0 Å². The van der Waals surface area contributed by atoms with Gasteiger partial charge in [-0.25, -0.2) is 9.18 Å². The number of para-hydroxylation sites is 1. The van der Waals surface area contributed by atoms with Crippen LogP contribution in [0.15, 0.2) is 42.5 Å². The first-order chi connectivity index (χ1) is 12.4. The van der Waals surface area contributed by atoms with Crippen LogP contribution in [0.5, 0.6) is 0 Å². The highest BCUT2D eigenvalue weighted by Crippen LogP contribution is 2.21. The third-order valence-electron chi connectivity index (χ3n) is 3.74. The minimum absolute atomic E-state index is 0.0862. The molecule has 2 rings (SSSR count). The van der Waals surface area contributed by atoms with E-state index in [-0.39, 0.29) is 10.6 Å². The minimum atomic E-state index is -0.764. The Hall–Kier alpha value is -2.66. The molecule has 0 bridgehead atoms. The third kappa shape index (κ3) is 5.17. The quantitative estimate of drug-likeness (QED) is 0.595. The highest BCUT2D eigenvalue weighted by molar-refractivity contribution is 6.32. The van der Waals surface area contributed by atoms with E-state index in [0.29, 0.717) is 0 Å². The van der Waals surface area contributed by atoms with Crippen molar-refractivity contribution in [3.8, 4) is 0 Å². The van der Waals surface area contributed by atoms with Crippen LogP contribution in [0.3, 0.4) is 0 Å². The van der Waals surface area contributed by atoms with Crippen molar-refractivity contribution in [1.82, 2.24) is 0 Å². The fraction of sp³-hybridized carbons (Fsp3) is 0.200. The van der Waals surface area contributed by atoms with Crippen molar-refractivity contribution >= 4 is 35.2 Å². The molecule has 0 radical (unpaired) electrons. The average Bonchev–Trinajstić information content (AvgIpc) is 2.61. The van der Waals surface area contributed by atoms with Crippen LogP contribution in [0.1, 0.15) is 23.6 Å². The molecule has 0 atom stereocenters. The molecule has 0 aliphatic heterocycles. The summed E-state index contributed by atoms with van der Waals surface area (Å²) in [6.07, 6.45) is 3.01. The number of rotatable bonds is 6. The maximum absolute atomic E-state index is 13.6. The second-order valence-electron chi connectivity index (χ2n) is 5.59. The lowest BCUT2D eigenvalue weighted by molar-refractivity contribution is -0.142. The number of ether oxygens (including phenoxy) is 1. The number of carbonyl (C=O) groups excluding carboxylic acids is 2. The molecule has 0 saturated carbocycles. The second kappa shape index (κ2) is 9.15. The van der Waals surface area contributed by atoms with Gasteiger partial charge in [-0.15, -0.1) is 0 Å². The molecule has 0 spiro atoms. The van der Waals surface area contributed by atoms with Gasteiger partial charge in [0.1, 0.15) is 5.82 Å². The molecule has 26 heavy (non-hydrogen) atoms. The smallest absolute Gasteiger partial charge is 0.331 e. The maximum atomic E-state index is 13.6. The molecule has 0 saturated heterocycles. The molecule has 0 aliphatic rings. The van der Waals surface area contributed by atoms with Gasteiger partial charge in [0.25, 0.3) is 5.91 Å². The lowest BCUT2D eigenvalue weighted by Gasteiger charge is -2.12. The topological polar surface area (TPSA) is 55.4 Å². The van der Waals surface area contributed by atoms with Crippen LogP contribution < -0.4 is 5.32 Å². The Bertz CT molecular complexity index is 829. The van der Waals surface area contributed by atoms with Gasteiger partial charge in [0.2, 0.25) is 0 Å². The summed E-state index contributed by atoms with van der Waals surface area (Å²) in [5.74, 6) is -1.76. The molecular weight excluding hydrogens is 357 g/mol. The molecule has 2 aromatic carbocycles. The Morgan fingerprint density at radius 2 is 1.96 bits per heavy atom. The molecule has 4 nitrogen and oxygen atoms in total. The first kappa shape index (κ1) is 19.7. The van der Waals surface area contributed by atoms with Gasteiger partial charge in [0.05, 0.1) is 5.02 Å². The van der Waals surface area contributed by atoms with Gasteiger partial charge in [-0.1, -0.05) is 42.8 Å². The number of hydrogen-bond donors (Lipinski definition) is 1. The number of hydrogen-bond acceptors (Lipinski definition) is 3. The minimum Gasteiger partial charge on any atom is -0.452 e. The third-order valence-corrected chi connectivity index (χ3v) is 4.07. The monoisotopic (exact) mass is 375 g/mol. The molecule has 1 amide bonds. The van der Waals surface area contributed by atoms with E-state index in [1.54, 1.807) is 0 Å². The van der Waals surface area contributed by atoms with Gasteiger partial charge in [-0.05, 0) is 42.7 Å². The maximum Gasteiger partial charge on any atom is 0.331 e. The average molecular weight is 376 g/mol. The number of nitrogens with one attached hydrogen (secondary N) is 1. The number of amides is 1. The zero-order valence-electron chi connectivity index (χ0n) is 14.5. The predicted molar refractivity (Wildman–Crippen MR) is 101 cm³/mol. The molecule has 0 aromatic heterocycles. The van der Waals surface area contributed by atoms with Crippen LogP contribution in [-0.2, 0) is 20.7 Å². The summed E-state index contributed by atoms with van der Waals surface area (Å²) in [4.78, 5) is 23.8. The molecular formula is C20H19ClFNO3. The highest BCUT2D eigenvalue weighted by atomic mass is 35.5. The number of anilines is 1. The zero-order valence-corrected chi connectivity index (χ0v) is 15.3. The lowest BCUT2D eigenvalue weighted by Crippen LogP contribution is -2.21. The summed E-state index contributed by atoms with van der Waals surface area (Å²) in [7, 11) is 0. The molecule has 0 unspecified atom stereocenters. The van der Waals surface area contributed by atoms with Crippen LogP contribution >= 0.6 is 11.6 Å². The first-order valence-corrected chi connectivity index (χ1v) is 8.47. The van der Waals surface area contributed by atoms with E-state index in [1.807, 2.05) is 32.0 Å². The van der Waals surface area contributed by atoms with Crippen molar-refractivity contribution in [2.24, 2.45) is 0 Å². The van der Waals surface area contributed by atoms with Crippen molar-refractivity contribution in [2.45, 2.75) is 20.3 Å². The Morgan fingerprint density at radius 1 is 1.23 bits per heavy atom. The molecule has 0 heterocycles. The van der Waals surface area contributed by atoms with Gasteiger partial charge in [-0.3, -0.25) is 4.79 Å². The van der Waals surface area contributed by atoms with Crippen LogP contribution in [-0.4, -0.2) is 18.5 Å². The predicted octanol–water partition coefficient (Wildman–Crippen LogP) is 4.55. The van der Waals surface area contributed by atoms with E-state index in [2.05, 4.69) is 5.32 Å². The molecule has 1 N–H and O–H groups in total. The largest absolute Gasteiger partial charge is 0.452 e. The Balaban J connectivity index is 1.93. The van der Waals surface area contributed by atoms with Crippen molar-refractivity contribution in [2.75, 3.05) is 11.9 Å². The SMILES string of the molecule is CCc1cccc(C)c1NC(=O)COC(=O)/C=C/c1c(F)cccc1Cl. The summed E-state index contributed by atoms with van der Waals surface area (Å²) < 4.78 is 18.5. The van der Waals surface area contributed by atoms with E-state index in [9.17, 15) is 14.0 Å². The van der Waals surface area contributed by atoms with E-state index in [1.165, 1.54) is 24.3 Å². The molecule has 136 valence electrons. The summed E-state index contributed by atoms with van der Waals surface area (Å²) >= 11 is 5.87. The number of aryl methyl sites for hydroxylation is 2. The fourth-order valence-electron chi connectivity index (χ4n) is 2.38. The summed E-state index contributed by atoms with van der Waals surface area (Å²) in [5, 5.41) is 2.93. The normalized spacial score (nSPS) is 10.8. The van der Waals surface area contributed by atoms with Crippen molar-refractivity contribution < 1.29 is 18.7 Å². The van der Waals surface area contributed by atoms with Crippen LogP contribution in [0.25, 0.3) is 6.08 Å². The Morgan fingerprint density at radius 3 is 2.65 bits per heavy atom. The molecule has 0 fully saturated rings. The lowest BCUT2D eigenvalue weighted by atomic mass is 10.1. The van der Waals surface area contributed by atoms with E-state index in [0.717, 1.165) is 29.3 Å². The summed E-state index contributed by atoms with van der Waals surface area (Å²) in [6, 6.07) is 9.95. The molecule has 2 aromatic rings. The Kier molecular flexibility index (Phi) is 6.92. The number of esters is 1. The Labute approximate surface area is 156 Å². The standard InChI is InChI=1S/C20H19ClFNO3/c1-3-14-7-4-6-13(2)20(14)23-18(24)12-26-19(25)11-10-15-16(21)8-5-9-17(15)22/h4-11H,3,12H2,1-2H3,(H,23,24)/b11-10+. The van der Waals surface area contributed by atoms with Gasteiger partial charge in [-0.2, -0.15) is 0 Å². The number of halogens is 2. The molecule has 0 aliphatic carbocycles. The second-order valence-corrected chi connectivity index (χ2v) is 5.99. The number of benzene rings is 2. The number of carbonyl (C=O) groups is 2. The fourth-order valence-corrected chi connectivity index (χ4v) is 2.61. The van der Waals surface area contributed by atoms with Gasteiger partial charge in [0, 0.05) is 17.3 Å². The van der Waals surface area contributed by atoms with Crippen molar-refractivity contribution in [1.29, 1.82) is 0 Å².